The molecule has 0 aromatic rings. The van der Waals surface area contributed by atoms with E-state index in [9.17, 15) is 9.90 Å². The zero-order valence-corrected chi connectivity index (χ0v) is 24.2. The Balaban J connectivity index is 2.37. The van der Waals surface area contributed by atoms with E-state index in [1.807, 2.05) is 13.0 Å². The first-order valence-corrected chi connectivity index (χ1v) is 14.3. The molecule has 0 bridgehead atoms. The van der Waals surface area contributed by atoms with Gasteiger partial charge in [-0.05, 0) is 114 Å². The zero-order chi connectivity index (χ0) is 27.1. The third kappa shape index (κ3) is 12.5. The van der Waals surface area contributed by atoms with Gasteiger partial charge in [-0.25, -0.2) is 0 Å². The van der Waals surface area contributed by atoms with Crippen molar-refractivity contribution in [1.29, 1.82) is 0 Å². The van der Waals surface area contributed by atoms with Gasteiger partial charge in [0.2, 0.25) is 0 Å². The second-order valence-electron chi connectivity index (χ2n) is 11.1. The highest BCUT2D eigenvalue weighted by molar-refractivity contribution is 5.69. The number of hydrogen-bond donors (Lipinski definition) is 2. The van der Waals surface area contributed by atoms with E-state index in [0.29, 0.717) is 12.3 Å². The molecule has 4 unspecified atom stereocenters. The molecular weight excluding hydrogens is 448 g/mol. The molecule has 0 aromatic heterocycles. The topological polar surface area (TPSA) is 66.8 Å². The molecule has 4 heteroatoms. The van der Waals surface area contributed by atoms with E-state index < -0.39 is 12.1 Å². The molecule has 36 heavy (non-hydrogen) atoms. The van der Waals surface area contributed by atoms with Gasteiger partial charge in [0.15, 0.2) is 0 Å². The summed E-state index contributed by atoms with van der Waals surface area (Å²) in [6.07, 6.45) is 17.7. The van der Waals surface area contributed by atoms with Crippen molar-refractivity contribution in [2.75, 3.05) is 6.61 Å². The maximum atomic E-state index is 10.9. The highest BCUT2D eigenvalue weighted by Crippen LogP contribution is 2.32. The van der Waals surface area contributed by atoms with E-state index in [2.05, 4.69) is 46.8 Å². The Morgan fingerprint density at radius 2 is 1.67 bits per heavy atom. The minimum atomic E-state index is -0.707. The molecule has 0 saturated carbocycles. The van der Waals surface area contributed by atoms with Crippen LogP contribution in [0.2, 0.25) is 0 Å². The maximum Gasteiger partial charge on any atom is 0.306 e. The average molecular weight is 503 g/mol. The summed E-state index contributed by atoms with van der Waals surface area (Å²) in [6, 6.07) is 0. The lowest BCUT2D eigenvalue weighted by Gasteiger charge is -2.30. The summed E-state index contributed by atoms with van der Waals surface area (Å²) in [5.74, 6) is -0.324. The summed E-state index contributed by atoms with van der Waals surface area (Å²) < 4.78 is 6.24. The fraction of sp³-hybridized carbons (Fsp3) is 0.719. The van der Waals surface area contributed by atoms with Crippen molar-refractivity contribution in [2.45, 2.75) is 131 Å². The van der Waals surface area contributed by atoms with Crippen molar-refractivity contribution >= 4 is 5.97 Å². The summed E-state index contributed by atoms with van der Waals surface area (Å²) in [5, 5.41) is 19.4. The van der Waals surface area contributed by atoms with Crippen molar-refractivity contribution in [1.82, 2.24) is 0 Å². The molecule has 1 aliphatic rings. The van der Waals surface area contributed by atoms with Crippen LogP contribution < -0.4 is 0 Å². The van der Waals surface area contributed by atoms with Crippen LogP contribution in [0, 0.1) is 11.8 Å². The molecule has 0 aliphatic heterocycles. The van der Waals surface area contributed by atoms with E-state index in [-0.39, 0.29) is 12.0 Å². The molecule has 2 N–H and O–H groups in total. The van der Waals surface area contributed by atoms with Crippen LogP contribution in [-0.4, -0.2) is 35.0 Å². The number of unbranched alkanes of at least 4 members (excludes halogenated alkanes) is 1. The lowest BCUT2D eigenvalue weighted by molar-refractivity contribution is -0.141. The molecule has 0 aromatic carbocycles. The molecule has 1 rings (SSSR count). The number of carboxylic acids is 1. The van der Waals surface area contributed by atoms with Crippen molar-refractivity contribution < 1.29 is 19.7 Å². The molecule has 0 heterocycles. The number of carboxylic acid groups (broad SMARTS) is 1. The van der Waals surface area contributed by atoms with Gasteiger partial charge in [0.1, 0.15) is 0 Å². The number of aliphatic carboxylic acids is 1. The molecule has 1 aliphatic carbocycles. The van der Waals surface area contributed by atoms with Crippen LogP contribution in [0.1, 0.15) is 119 Å². The van der Waals surface area contributed by atoms with Crippen molar-refractivity contribution in [2.24, 2.45) is 11.8 Å². The Morgan fingerprint density at radius 3 is 2.33 bits per heavy atom. The van der Waals surface area contributed by atoms with Gasteiger partial charge < -0.3 is 14.9 Å². The lowest BCUT2D eigenvalue weighted by Crippen LogP contribution is -2.27. The lowest BCUT2D eigenvalue weighted by atomic mass is 9.85. The highest BCUT2D eigenvalue weighted by atomic mass is 16.5. The number of allylic oxidation sites excluding steroid dienone is 4. The van der Waals surface area contributed by atoms with E-state index >= 15 is 0 Å². The number of ether oxygens (including phenoxy) is 1. The standard InChI is InChI=1S/C32H54O4/c1-8-9-21-36-31-28(7)27(6)30(33)22-29(31)20-19-25(4)16-11-15-23(2)13-10-14-24(3)17-12-18-26(5)32(34)35/h13,17,22,25-26,30-31,33H,8-12,14-16,18-21H2,1-7H3,(H,34,35). The van der Waals surface area contributed by atoms with Gasteiger partial charge in [0.05, 0.1) is 18.1 Å². The molecule has 0 spiro atoms. The summed E-state index contributed by atoms with van der Waals surface area (Å²) in [7, 11) is 0. The number of carbonyl (C=O) groups is 1. The molecule has 206 valence electrons. The molecular formula is C32H54O4. The zero-order valence-electron chi connectivity index (χ0n) is 24.2. The first-order valence-electron chi connectivity index (χ1n) is 14.3. The Labute approximate surface area is 221 Å². The minimum Gasteiger partial charge on any atom is -0.481 e. The molecule has 4 nitrogen and oxygen atoms in total. The van der Waals surface area contributed by atoms with Crippen molar-refractivity contribution in [3.8, 4) is 0 Å². The monoisotopic (exact) mass is 502 g/mol. The van der Waals surface area contributed by atoms with E-state index in [0.717, 1.165) is 63.5 Å². The van der Waals surface area contributed by atoms with Crippen LogP contribution >= 0.6 is 0 Å². The van der Waals surface area contributed by atoms with Crippen LogP contribution in [0.4, 0.5) is 0 Å². The largest absolute Gasteiger partial charge is 0.481 e. The van der Waals surface area contributed by atoms with Gasteiger partial charge in [0.25, 0.3) is 0 Å². The van der Waals surface area contributed by atoms with Gasteiger partial charge in [-0.15, -0.1) is 0 Å². The highest BCUT2D eigenvalue weighted by Gasteiger charge is 2.26. The predicted molar refractivity (Wildman–Crippen MR) is 152 cm³/mol. The molecule has 4 atom stereocenters. The SMILES string of the molecule is CCCCOC1C(CCC(C)CCCC(C)=CCCC(C)=CCCC(C)C(=O)O)=CC(O)C(C)=C1C. The quantitative estimate of drug-likeness (QED) is 0.145. The van der Waals surface area contributed by atoms with Crippen molar-refractivity contribution in [3.05, 3.63) is 46.1 Å². The second kappa shape index (κ2) is 17.7. The van der Waals surface area contributed by atoms with Gasteiger partial charge in [-0.2, -0.15) is 0 Å². The van der Waals surface area contributed by atoms with E-state index in [1.165, 1.54) is 35.1 Å². The number of aliphatic hydroxyl groups excluding tert-OH is 1. The Bertz CT molecular complexity index is 786. The van der Waals surface area contributed by atoms with Gasteiger partial charge in [-0.1, -0.05) is 56.9 Å². The summed E-state index contributed by atoms with van der Waals surface area (Å²) in [6.45, 7) is 15.6. The fourth-order valence-electron chi connectivity index (χ4n) is 4.67. The maximum absolute atomic E-state index is 10.9. The van der Waals surface area contributed by atoms with Crippen molar-refractivity contribution in [3.63, 3.8) is 0 Å². The number of aliphatic hydroxyl groups is 1. The van der Waals surface area contributed by atoms with Gasteiger partial charge in [0, 0.05) is 6.61 Å². The average Bonchev–Trinajstić information content (AvgIpc) is 2.82. The summed E-state index contributed by atoms with van der Waals surface area (Å²) >= 11 is 0. The molecule has 0 amide bonds. The fourth-order valence-corrected chi connectivity index (χ4v) is 4.67. The second-order valence-corrected chi connectivity index (χ2v) is 11.1. The molecule has 0 fully saturated rings. The minimum absolute atomic E-state index is 0.0374. The Kier molecular flexibility index (Phi) is 16.0. The van der Waals surface area contributed by atoms with E-state index in [1.54, 1.807) is 6.92 Å². The van der Waals surface area contributed by atoms with Crippen LogP contribution in [0.3, 0.4) is 0 Å². The number of rotatable bonds is 18. The van der Waals surface area contributed by atoms with Gasteiger partial charge >= 0.3 is 5.97 Å². The normalized spacial score (nSPS) is 20.9. The predicted octanol–water partition coefficient (Wildman–Crippen LogP) is 8.57. The van der Waals surface area contributed by atoms with Crippen LogP contribution in [0.15, 0.2) is 46.1 Å². The van der Waals surface area contributed by atoms with Crippen LogP contribution in [-0.2, 0) is 9.53 Å². The van der Waals surface area contributed by atoms with Gasteiger partial charge in [-0.3, -0.25) is 4.79 Å². The Morgan fingerprint density at radius 1 is 1.00 bits per heavy atom. The number of hydrogen-bond acceptors (Lipinski definition) is 3. The molecule has 0 saturated heterocycles. The summed E-state index contributed by atoms with van der Waals surface area (Å²) in [5.41, 5.74) is 6.29. The first-order chi connectivity index (χ1) is 17.1. The van der Waals surface area contributed by atoms with E-state index in [4.69, 9.17) is 9.84 Å². The molecule has 0 radical (unpaired) electrons. The van der Waals surface area contributed by atoms with Crippen LogP contribution in [0.5, 0.6) is 0 Å². The first kappa shape index (κ1) is 32.4. The Hall–Kier alpha value is -1.65. The van der Waals surface area contributed by atoms with Crippen LogP contribution in [0.25, 0.3) is 0 Å². The summed E-state index contributed by atoms with van der Waals surface area (Å²) in [4.78, 5) is 10.9. The smallest absolute Gasteiger partial charge is 0.306 e. The third-order valence-electron chi connectivity index (χ3n) is 7.69. The third-order valence-corrected chi connectivity index (χ3v) is 7.69.